The molecule has 2 aliphatic rings. The zero-order valence-corrected chi connectivity index (χ0v) is 8.56. The second-order valence-electron chi connectivity index (χ2n) is 5.98. The van der Waals surface area contributed by atoms with Crippen molar-refractivity contribution in [3.8, 4) is 0 Å². The third-order valence-electron chi connectivity index (χ3n) is 4.33. The molecule has 2 fully saturated rings. The van der Waals surface area contributed by atoms with Crippen LogP contribution in [-0.4, -0.2) is 6.04 Å². The molecule has 0 saturated heterocycles. The van der Waals surface area contributed by atoms with Crippen molar-refractivity contribution in [1.82, 2.24) is 0 Å². The van der Waals surface area contributed by atoms with Crippen LogP contribution in [-0.2, 0) is 0 Å². The Labute approximate surface area is 75.7 Å². The van der Waals surface area contributed by atoms with E-state index in [-0.39, 0.29) is 0 Å². The predicted molar refractivity (Wildman–Crippen MR) is 51.8 cm³/mol. The van der Waals surface area contributed by atoms with Gasteiger partial charge in [-0.3, -0.25) is 0 Å². The fraction of sp³-hybridized carbons (Fsp3) is 1.00. The van der Waals surface area contributed by atoms with Crippen LogP contribution in [0.1, 0.15) is 46.5 Å². The number of rotatable bonds is 0. The Hall–Kier alpha value is -0.0400. The van der Waals surface area contributed by atoms with Crippen molar-refractivity contribution in [3.63, 3.8) is 0 Å². The van der Waals surface area contributed by atoms with Crippen LogP contribution in [0.5, 0.6) is 0 Å². The van der Waals surface area contributed by atoms with E-state index in [0.29, 0.717) is 16.9 Å². The summed E-state index contributed by atoms with van der Waals surface area (Å²) in [5.74, 6) is 0.788. The van der Waals surface area contributed by atoms with E-state index in [0.717, 1.165) is 5.92 Å². The molecule has 0 aromatic heterocycles. The Bertz CT molecular complexity index is 197. The maximum Gasteiger partial charge on any atom is 0.00776 e. The molecule has 0 radical (unpaired) electrons. The van der Waals surface area contributed by atoms with E-state index < -0.39 is 0 Å². The van der Waals surface area contributed by atoms with Crippen LogP contribution in [0, 0.1) is 16.7 Å². The van der Waals surface area contributed by atoms with Gasteiger partial charge in [0.05, 0.1) is 0 Å². The van der Waals surface area contributed by atoms with Crippen LogP contribution >= 0.6 is 0 Å². The highest BCUT2D eigenvalue weighted by molar-refractivity contribution is 5.03. The molecule has 0 heterocycles. The van der Waals surface area contributed by atoms with Gasteiger partial charge in [-0.05, 0) is 42.4 Å². The third kappa shape index (κ3) is 1.10. The summed E-state index contributed by atoms with van der Waals surface area (Å²) in [6.07, 6.45) is 5.41. The first-order chi connectivity index (χ1) is 5.43. The molecular weight excluding hydrogens is 146 g/mol. The monoisotopic (exact) mass is 167 g/mol. The molecule has 12 heavy (non-hydrogen) atoms. The highest BCUT2D eigenvalue weighted by Crippen LogP contribution is 2.57. The summed E-state index contributed by atoms with van der Waals surface area (Å²) in [7, 11) is 0. The van der Waals surface area contributed by atoms with E-state index in [2.05, 4.69) is 20.8 Å². The van der Waals surface area contributed by atoms with Gasteiger partial charge in [0.1, 0.15) is 0 Å². The lowest BCUT2D eigenvalue weighted by Gasteiger charge is -2.41. The van der Waals surface area contributed by atoms with Crippen LogP contribution in [0.15, 0.2) is 0 Å². The molecule has 2 N–H and O–H groups in total. The minimum Gasteiger partial charge on any atom is -0.327 e. The first kappa shape index (κ1) is 8.55. The van der Waals surface area contributed by atoms with Gasteiger partial charge in [0.2, 0.25) is 0 Å². The van der Waals surface area contributed by atoms with Gasteiger partial charge in [0.15, 0.2) is 0 Å². The second-order valence-corrected chi connectivity index (χ2v) is 5.98. The van der Waals surface area contributed by atoms with Gasteiger partial charge in [-0.2, -0.15) is 0 Å². The van der Waals surface area contributed by atoms with Crippen LogP contribution < -0.4 is 5.73 Å². The molecule has 2 aliphatic carbocycles. The molecule has 2 bridgehead atoms. The smallest absolute Gasteiger partial charge is 0.00776 e. The molecule has 1 heteroatoms. The largest absolute Gasteiger partial charge is 0.327 e. The minimum absolute atomic E-state index is 0.479. The summed E-state index contributed by atoms with van der Waals surface area (Å²) in [5, 5.41) is 0. The molecule has 0 aliphatic heterocycles. The maximum atomic E-state index is 6.18. The Morgan fingerprint density at radius 3 is 2.33 bits per heavy atom. The zero-order valence-electron chi connectivity index (χ0n) is 8.56. The van der Waals surface area contributed by atoms with Crippen molar-refractivity contribution in [1.29, 1.82) is 0 Å². The van der Waals surface area contributed by atoms with Crippen molar-refractivity contribution in [2.45, 2.75) is 52.5 Å². The van der Waals surface area contributed by atoms with E-state index in [1.54, 1.807) is 0 Å². The summed E-state index contributed by atoms with van der Waals surface area (Å²) in [5.41, 5.74) is 7.29. The lowest BCUT2D eigenvalue weighted by molar-refractivity contribution is 0.101. The van der Waals surface area contributed by atoms with Crippen molar-refractivity contribution in [2.75, 3.05) is 0 Å². The minimum atomic E-state index is 0.479. The Morgan fingerprint density at radius 2 is 1.75 bits per heavy atom. The second kappa shape index (κ2) is 2.25. The van der Waals surface area contributed by atoms with E-state index in [1.807, 2.05) is 0 Å². The molecule has 70 valence electrons. The first-order valence-corrected chi connectivity index (χ1v) is 5.19. The number of hydrogen-bond donors (Lipinski definition) is 1. The molecule has 0 aromatic carbocycles. The average molecular weight is 167 g/mol. The van der Waals surface area contributed by atoms with Gasteiger partial charge in [-0.15, -0.1) is 0 Å². The van der Waals surface area contributed by atoms with E-state index in [9.17, 15) is 0 Å². The summed E-state index contributed by atoms with van der Waals surface area (Å²) in [6, 6.07) is 0.479. The van der Waals surface area contributed by atoms with Crippen molar-refractivity contribution < 1.29 is 0 Å². The van der Waals surface area contributed by atoms with E-state index in [1.165, 1.54) is 25.7 Å². The highest BCUT2D eigenvalue weighted by atomic mass is 14.7. The standard InChI is InChI=1S/C11H21N/c1-10(2)4-5-11(3)6-8(10)9(12)7-11/h8-9H,4-7,12H2,1-3H3/t8-,9-,11+/m0/s1. The van der Waals surface area contributed by atoms with Gasteiger partial charge >= 0.3 is 0 Å². The summed E-state index contributed by atoms with van der Waals surface area (Å²) in [4.78, 5) is 0. The fourth-order valence-corrected chi connectivity index (χ4v) is 3.35. The molecule has 0 amide bonds. The van der Waals surface area contributed by atoms with Gasteiger partial charge in [0, 0.05) is 6.04 Å². The van der Waals surface area contributed by atoms with Crippen molar-refractivity contribution >= 4 is 0 Å². The number of nitrogens with two attached hydrogens (primary N) is 1. The zero-order chi connectivity index (χ0) is 8.98. The molecule has 1 nitrogen and oxygen atoms in total. The normalized spacial score (nSPS) is 51.0. The van der Waals surface area contributed by atoms with Gasteiger partial charge in [-0.25, -0.2) is 0 Å². The predicted octanol–water partition coefficient (Wildman–Crippen LogP) is 2.55. The highest BCUT2D eigenvalue weighted by Gasteiger charge is 2.50. The Balaban J connectivity index is 2.25. The molecule has 0 unspecified atom stereocenters. The Kier molecular flexibility index (Phi) is 1.61. The van der Waals surface area contributed by atoms with Crippen molar-refractivity contribution in [2.24, 2.45) is 22.5 Å². The lowest BCUT2D eigenvalue weighted by Crippen LogP contribution is -2.36. The van der Waals surface area contributed by atoms with Crippen LogP contribution in [0.4, 0.5) is 0 Å². The molecule has 2 saturated carbocycles. The number of fused-ring (bicyclic) bond motifs is 2. The third-order valence-corrected chi connectivity index (χ3v) is 4.33. The lowest BCUT2D eigenvalue weighted by atomic mass is 9.65. The Morgan fingerprint density at radius 1 is 1.08 bits per heavy atom. The van der Waals surface area contributed by atoms with Crippen molar-refractivity contribution in [3.05, 3.63) is 0 Å². The van der Waals surface area contributed by atoms with Gasteiger partial charge < -0.3 is 5.73 Å². The number of hydrogen-bond acceptors (Lipinski definition) is 1. The van der Waals surface area contributed by atoms with Crippen LogP contribution in [0.25, 0.3) is 0 Å². The summed E-state index contributed by atoms with van der Waals surface area (Å²) in [6.45, 7) is 7.20. The molecule has 0 spiro atoms. The molecule has 3 atom stereocenters. The average Bonchev–Trinajstić information content (AvgIpc) is 2.20. The maximum absolute atomic E-state index is 6.18. The molecular formula is C11H21N. The van der Waals surface area contributed by atoms with Gasteiger partial charge in [-0.1, -0.05) is 20.8 Å². The van der Waals surface area contributed by atoms with Crippen LogP contribution in [0.3, 0.4) is 0 Å². The SMILES string of the molecule is CC1(C)CC[C@@]2(C)C[C@H](N)[C@@H]1C2. The molecule has 0 aromatic rings. The van der Waals surface area contributed by atoms with E-state index in [4.69, 9.17) is 5.73 Å². The summed E-state index contributed by atoms with van der Waals surface area (Å²) < 4.78 is 0. The van der Waals surface area contributed by atoms with Crippen LogP contribution in [0.2, 0.25) is 0 Å². The van der Waals surface area contributed by atoms with E-state index >= 15 is 0 Å². The quantitative estimate of drug-likeness (QED) is 0.589. The fourth-order valence-electron chi connectivity index (χ4n) is 3.35. The topological polar surface area (TPSA) is 26.0 Å². The summed E-state index contributed by atoms with van der Waals surface area (Å²) >= 11 is 0. The molecule has 2 rings (SSSR count). The first-order valence-electron chi connectivity index (χ1n) is 5.19. The van der Waals surface area contributed by atoms with Gasteiger partial charge in [0.25, 0.3) is 0 Å².